The number of carbonyl (C=O) groups is 1. The van der Waals surface area contributed by atoms with Crippen LogP contribution in [-0.4, -0.2) is 48.7 Å². The molecule has 2 aliphatic rings. The number of quaternary nitrogens is 1. The zero-order valence-corrected chi connectivity index (χ0v) is 16.2. The molecular weight excluding hydrogens is 328 g/mol. The van der Waals surface area contributed by atoms with Crippen molar-refractivity contribution in [1.29, 1.82) is 0 Å². The summed E-state index contributed by atoms with van der Waals surface area (Å²) in [4.78, 5) is 16.3. The van der Waals surface area contributed by atoms with Crippen molar-refractivity contribution in [1.82, 2.24) is 4.90 Å². The van der Waals surface area contributed by atoms with Crippen LogP contribution in [0.15, 0.2) is 18.2 Å². The van der Waals surface area contributed by atoms with E-state index in [2.05, 4.69) is 11.8 Å². The van der Waals surface area contributed by atoms with Gasteiger partial charge in [-0.1, -0.05) is 13.0 Å². The topological polar surface area (TPSA) is 54.2 Å². The fraction of sp³-hybridized carbons (Fsp3) is 0.667. The van der Waals surface area contributed by atoms with Crippen molar-refractivity contribution >= 4 is 5.91 Å². The number of phenolic OH excluding ortho intramolecular Hbond substituents is 1. The van der Waals surface area contributed by atoms with Crippen LogP contribution in [0.1, 0.15) is 45.1 Å². The van der Waals surface area contributed by atoms with Gasteiger partial charge in [0, 0.05) is 31.8 Å². The first-order valence-electron chi connectivity index (χ1n) is 10.1. The van der Waals surface area contributed by atoms with Gasteiger partial charge in [-0.3, -0.25) is 4.79 Å². The SMILES string of the molecule is CCOc1cccc(C[NH+]2CCC(C(=O)N3CCC[C@H](C)C3)CC2)c1O. The van der Waals surface area contributed by atoms with Gasteiger partial charge in [-0.2, -0.15) is 0 Å². The highest BCUT2D eigenvalue weighted by Crippen LogP contribution is 2.29. The molecule has 1 aromatic carbocycles. The van der Waals surface area contributed by atoms with Gasteiger partial charge < -0.3 is 19.6 Å². The van der Waals surface area contributed by atoms with Gasteiger partial charge >= 0.3 is 0 Å². The minimum atomic E-state index is 0.187. The average molecular weight is 362 g/mol. The van der Waals surface area contributed by atoms with Crippen molar-refractivity contribution in [2.24, 2.45) is 11.8 Å². The predicted octanol–water partition coefficient (Wildman–Crippen LogP) is 1.84. The Morgan fingerprint density at radius 3 is 2.77 bits per heavy atom. The number of amides is 1. The molecule has 0 unspecified atom stereocenters. The third-order valence-electron chi connectivity index (χ3n) is 5.83. The lowest BCUT2D eigenvalue weighted by Gasteiger charge is -2.36. The van der Waals surface area contributed by atoms with Crippen molar-refractivity contribution in [3.8, 4) is 11.5 Å². The maximum absolute atomic E-state index is 12.8. The molecule has 1 amide bonds. The summed E-state index contributed by atoms with van der Waals surface area (Å²) >= 11 is 0. The van der Waals surface area contributed by atoms with E-state index in [0.717, 1.165) is 57.5 Å². The molecule has 0 bridgehead atoms. The Labute approximate surface area is 156 Å². The molecule has 5 heteroatoms. The number of nitrogens with one attached hydrogen (secondary N) is 1. The van der Waals surface area contributed by atoms with Crippen LogP contribution >= 0.6 is 0 Å². The van der Waals surface area contributed by atoms with Crippen LogP contribution in [0.5, 0.6) is 11.5 Å². The Morgan fingerprint density at radius 2 is 2.08 bits per heavy atom. The number of rotatable bonds is 5. The van der Waals surface area contributed by atoms with Gasteiger partial charge in [0.1, 0.15) is 6.54 Å². The first-order chi connectivity index (χ1) is 12.6. The molecule has 1 aromatic rings. The van der Waals surface area contributed by atoms with Gasteiger partial charge in [-0.15, -0.1) is 0 Å². The smallest absolute Gasteiger partial charge is 0.226 e. The van der Waals surface area contributed by atoms with E-state index in [1.165, 1.54) is 11.3 Å². The number of nitrogens with zero attached hydrogens (tertiary/aromatic N) is 1. The normalized spacial score (nSPS) is 26.5. The standard InChI is InChI=1S/C21H32N2O3/c1-3-26-19-8-4-7-18(20(19)24)15-22-12-9-17(10-13-22)21(25)23-11-5-6-16(2)14-23/h4,7-8,16-17,24H,3,5-6,9-15H2,1-2H3/p+1/t16-/m0/s1. The van der Waals surface area contributed by atoms with E-state index in [9.17, 15) is 9.90 Å². The molecule has 1 atom stereocenters. The van der Waals surface area contributed by atoms with Crippen LogP contribution in [0.3, 0.4) is 0 Å². The maximum Gasteiger partial charge on any atom is 0.226 e. The van der Waals surface area contributed by atoms with E-state index >= 15 is 0 Å². The fourth-order valence-corrected chi connectivity index (χ4v) is 4.35. The molecule has 2 fully saturated rings. The monoisotopic (exact) mass is 361 g/mol. The van der Waals surface area contributed by atoms with Gasteiger partial charge in [0.2, 0.25) is 5.91 Å². The molecule has 5 nitrogen and oxygen atoms in total. The molecule has 2 saturated heterocycles. The number of ether oxygens (including phenoxy) is 1. The number of para-hydroxylation sites is 1. The number of hydrogen-bond acceptors (Lipinski definition) is 3. The molecule has 2 aliphatic heterocycles. The minimum absolute atomic E-state index is 0.187. The number of hydrogen-bond donors (Lipinski definition) is 2. The summed E-state index contributed by atoms with van der Waals surface area (Å²) < 4.78 is 5.48. The summed E-state index contributed by atoms with van der Waals surface area (Å²) in [6.07, 6.45) is 4.29. The lowest BCUT2D eigenvalue weighted by Crippen LogP contribution is -3.11. The summed E-state index contributed by atoms with van der Waals surface area (Å²) in [7, 11) is 0. The van der Waals surface area contributed by atoms with Gasteiger partial charge in [0.05, 0.1) is 25.3 Å². The minimum Gasteiger partial charge on any atom is -0.504 e. The van der Waals surface area contributed by atoms with Gasteiger partial charge in [0.15, 0.2) is 11.5 Å². The highest BCUT2D eigenvalue weighted by Gasteiger charge is 2.32. The molecule has 26 heavy (non-hydrogen) atoms. The molecule has 0 aromatic heterocycles. The fourth-order valence-electron chi connectivity index (χ4n) is 4.35. The molecule has 2 heterocycles. The van der Waals surface area contributed by atoms with Gasteiger partial charge in [0.25, 0.3) is 0 Å². The number of aromatic hydroxyl groups is 1. The van der Waals surface area contributed by atoms with Crippen LogP contribution in [0.2, 0.25) is 0 Å². The number of likely N-dealkylation sites (tertiary alicyclic amines) is 2. The molecule has 0 radical (unpaired) electrons. The third-order valence-corrected chi connectivity index (χ3v) is 5.83. The first kappa shape index (κ1) is 19.0. The molecule has 2 N–H and O–H groups in total. The van der Waals surface area contributed by atoms with E-state index in [1.807, 2.05) is 25.1 Å². The molecule has 0 saturated carbocycles. The van der Waals surface area contributed by atoms with Crippen molar-refractivity contribution < 1.29 is 19.5 Å². The molecular formula is C21H33N2O3+. The summed E-state index contributed by atoms with van der Waals surface area (Å²) in [6, 6.07) is 5.71. The lowest BCUT2D eigenvalue weighted by atomic mass is 9.92. The zero-order valence-electron chi connectivity index (χ0n) is 16.2. The Kier molecular flexibility index (Phi) is 6.41. The first-order valence-corrected chi connectivity index (χ1v) is 10.1. The maximum atomic E-state index is 12.8. The molecule has 3 rings (SSSR count). The zero-order chi connectivity index (χ0) is 18.5. The number of benzene rings is 1. The van der Waals surface area contributed by atoms with Crippen molar-refractivity contribution in [3.05, 3.63) is 23.8 Å². The summed E-state index contributed by atoms with van der Waals surface area (Å²) in [5.41, 5.74) is 0.931. The van der Waals surface area contributed by atoms with E-state index in [-0.39, 0.29) is 11.7 Å². The van der Waals surface area contributed by atoms with Crippen LogP contribution in [0.4, 0.5) is 0 Å². The van der Waals surface area contributed by atoms with Crippen LogP contribution < -0.4 is 9.64 Å². The number of piperidine rings is 2. The summed E-state index contributed by atoms with van der Waals surface area (Å²) in [6.45, 7) is 9.34. The molecule has 144 valence electrons. The Hall–Kier alpha value is -1.75. The van der Waals surface area contributed by atoms with Gasteiger partial charge in [-0.25, -0.2) is 0 Å². The lowest BCUT2D eigenvalue weighted by molar-refractivity contribution is -0.919. The quantitative estimate of drug-likeness (QED) is 0.842. The van der Waals surface area contributed by atoms with E-state index in [4.69, 9.17) is 4.74 Å². The number of carbonyl (C=O) groups excluding carboxylic acids is 1. The van der Waals surface area contributed by atoms with Crippen molar-refractivity contribution in [3.63, 3.8) is 0 Å². The largest absolute Gasteiger partial charge is 0.504 e. The van der Waals surface area contributed by atoms with Gasteiger partial charge in [-0.05, 0) is 37.8 Å². The highest BCUT2D eigenvalue weighted by atomic mass is 16.5. The van der Waals surface area contributed by atoms with E-state index in [0.29, 0.717) is 24.2 Å². The second kappa shape index (κ2) is 8.76. The Balaban J connectivity index is 1.52. The van der Waals surface area contributed by atoms with E-state index < -0.39 is 0 Å². The second-order valence-corrected chi connectivity index (χ2v) is 7.93. The summed E-state index contributed by atoms with van der Waals surface area (Å²) in [5.74, 6) is 2.03. The highest BCUT2D eigenvalue weighted by molar-refractivity contribution is 5.79. The summed E-state index contributed by atoms with van der Waals surface area (Å²) in [5, 5.41) is 10.4. The van der Waals surface area contributed by atoms with Crippen LogP contribution in [-0.2, 0) is 11.3 Å². The Morgan fingerprint density at radius 1 is 1.31 bits per heavy atom. The second-order valence-electron chi connectivity index (χ2n) is 7.93. The predicted molar refractivity (Wildman–Crippen MR) is 101 cm³/mol. The van der Waals surface area contributed by atoms with Crippen LogP contribution in [0, 0.1) is 11.8 Å². The van der Waals surface area contributed by atoms with Crippen LogP contribution in [0.25, 0.3) is 0 Å². The molecule has 0 spiro atoms. The Bertz CT molecular complexity index is 611. The van der Waals surface area contributed by atoms with Crippen molar-refractivity contribution in [2.45, 2.75) is 46.1 Å². The van der Waals surface area contributed by atoms with E-state index in [1.54, 1.807) is 0 Å². The molecule has 0 aliphatic carbocycles. The van der Waals surface area contributed by atoms with Crippen molar-refractivity contribution in [2.75, 3.05) is 32.8 Å². The third kappa shape index (κ3) is 4.50. The number of phenols is 1. The average Bonchev–Trinajstić information content (AvgIpc) is 2.65.